The monoisotopic (exact) mass is 280 g/mol. The van der Waals surface area contributed by atoms with E-state index in [1.165, 1.54) is 0 Å². The van der Waals surface area contributed by atoms with Crippen molar-refractivity contribution >= 4 is 24.4 Å². The van der Waals surface area contributed by atoms with Gasteiger partial charge in [-0.1, -0.05) is 48.6 Å². The molecule has 21 heavy (non-hydrogen) atoms. The van der Waals surface area contributed by atoms with Gasteiger partial charge in [0, 0.05) is 5.56 Å². The quantitative estimate of drug-likeness (QED) is 0.474. The van der Waals surface area contributed by atoms with Crippen LogP contribution in [0.4, 0.5) is 0 Å². The first-order valence-electron chi connectivity index (χ1n) is 6.73. The fourth-order valence-corrected chi connectivity index (χ4v) is 1.82. The maximum absolute atomic E-state index is 11.5. The predicted octanol–water partition coefficient (Wildman–Crippen LogP) is 3.85. The fraction of sp³-hybridized carbons (Fsp3) is 0.111. The first kappa shape index (κ1) is 14.7. The minimum absolute atomic E-state index is 0.308. The van der Waals surface area contributed by atoms with Gasteiger partial charge >= 0.3 is 5.97 Å². The predicted molar refractivity (Wildman–Crippen MR) is 83.2 cm³/mol. The molecule has 0 heterocycles. The van der Waals surface area contributed by atoms with Crippen LogP contribution in [0, 0.1) is 0 Å². The van der Waals surface area contributed by atoms with Crippen LogP contribution in [0.25, 0.3) is 12.2 Å². The number of ether oxygens (including phenoxy) is 1. The maximum atomic E-state index is 11.5. The number of aldehydes is 1. The van der Waals surface area contributed by atoms with Crippen LogP contribution < -0.4 is 0 Å². The van der Waals surface area contributed by atoms with E-state index in [-0.39, 0.29) is 5.97 Å². The van der Waals surface area contributed by atoms with Crippen LogP contribution in [0.5, 0.6) is 0 Å². The highest BCUT2D eigenvalue weighted by Gasteiger charge is 2.04. The first-order chi connectivity index (χ1) is 10.2. The van der Waals surface area contributed by atoms with E-state index in [0.717, 1.165) is 17.4 Å². The second-order valence-electron chi connectivity index (χ2n) is 4.46. The largest absolute Gasteiger partial charge is 0.462 e. The molecule has 0 spiro atoms. The van der Waals surface area contributed by atoms with Gasteiger partial charge in [-0.15, -0.1) is 0 Å². The molecule has 0 fully saturated rings. The van der Waals surface area contributed by atoms with E-state index in [1.807, 2.05) is 36.4 Å². The molecule has 0 N–H and O–H groups in total. The third-order valence-electron chi connectivity index (χ3n) is 2.96. The molecule has 3 heteroatoms. The minimum atomic E-state index is -0.308. The van der Waals surface area contributed by atoms with Gasteiger partial charge in [-0.2, -0.15) is 0 Å². The zero-order valence-corrected chi connectivity index (χ0v) is 11.8. The number of rotatable bonds is 5. The number of hydrogen-bond acceptors (Lipinski definition) is 3. The van der Waals surface area contributed by atoms with Gasteiger partial charge < -0.3 is 4.74 Å². The van der Waals surface area contributed by atoms with Crippen molar-refractivity contribution in [2.45, 2.75) is 6.92 Å². The van der Waals surface area contributed by atoms with Gasteiger partial charge in [0.25, 0.3) is 0 Å². The normalized spacial score (nSPS) is 10.5. The topological polar surface area (TPSA) is 43.4 Å². The second kappa shape index (κ2) is 7.20. The minimum Gasteiger partial charge on any atom is -0.462 e. The summed E-state index contributed by atoms with van der Waals surface area (Å²) in [7, 11) is 0. The number of esters is 1. The Balaban J connectivity index is 2.06. The Bertz CT molecular complexity index is 637. The van der Waals surface area contributed by atoms with Crippen LogP contribution in [0.3, 0.4) is 0 Å². The van der Waals surface area contributed by atoms with Crippen molar-refractivity contribution in [2.75, 3.05) is 6.61 Å². The molecule has 0 aliphatic heterocycles. The molecule has 106 valence electrons. The number of benzene rings is 2. The summed E-state index contributed by atoms with van der Waals surface area (Å²) in [5.41, 5.74) is 3.20. The Morgan fingerprint density at radius 1 is 0.905 bits per heavy atom. The molecule has 0 aliphatic rings. The highest BCUT2D eigenvalue weighted by Crippen LogP contribution is 2.11. The lowest BCUT2D eigenvalue weighted by molar-refractivity contribution is 0.0526. The lowest BCUT2D eigenvalue weighted by Gasteiger charge is -2.01. The molecule has 0 aromatic heterocycles. The summed E-state index contributed by atoms with van der Waals surface area (Å²) in [5.74, 6) is -0.308. The molecule has 0 saturated carbocycles. The number of carbonyl (C=O) groups is 2. The molecule has 0 amide bonds. The molecule has 2 rings (SSSR count). The van der Waals surface area contributed by atoms with Crippen molar-refractivity contribution in [3.63, 3.8) is 0 Å². The molecule has 0 saturated heterocycles. The zero-order chi connectivity index (χ0) is 15.1. The second-order valence-corrected chi connectivity index (χ2v) is 4.46. The van der Waals surface area contributed by atoms with Gasteiger partial charge in [-0.3, -0.25) is 4.79 Å². The smallest absolute Gasteiger partial charge is 0.338 e. The van der Waals surface area contributed by atoms with Gasteiger partial charge in [0.05, 0.1) is 12.2 Å². The highest BCUT2D eigenvalue weighted by molar-refractivity contribution is 5.89. The van der Waals surface area contributed by atoms with E-state index in [4.69, 9.17) is 4.74 Å². The molecule has 2 aromatic rings. The lowest BCUT2D eigenvalue weighted by Crippen LogP contribution is -2.03. The van der Waals surface area contributed by atoms with Gasteiger partial charge in [0.2, 0.25) is 0 Å². The van der Waals surface area contributed by atoms with Crippen LogP contribution in [0.2, 0.25) is 0 Å². The Morgan fingerprint density at radius 3 is 1.86 bits per heavy atom. The van der Waals surface area contributed by atoms with Crippen molar-refractivity contribution in [1.82, 2.24) is 0 Å². The van der Waals surface area contributed by atoms with Crippen LogP contribution in [-0.2, 0) is 4.74 Å². The summed E-state index contributed by atoms with van der Waals surface area (Å²) in [6, 6.07) is 14.5. The summed E-state index contributed by atoms with van der Waals surface area (Å²) in [4.78, 5) is 22.1. The van der Waals surface area contributed by atoms with Gasteiger partial charge in [0.1, 0.15) is 6.29 Å². The van der Waals surface area contributed by atoms with Crippen molar-refractivity contribution < 1.29 is 14.3 Å². The molecule has 0 radical (unpaired) electrons. The molecule has 0 unspecified atom stereocenters. The number of carbonyl (C=O) groups excluding carboxylic acids is 2. The van der Waals surface area contributed by atoms with E-state index >= 15 is 0 Å². The Kier molecular flexibility index (Phi) is 5.04. The maximum Gasteiger partial charge on any atom is 0.338 e. The van der Waals surface area contributed by atoms with Crippen LogP contribution in [-0.4, -0.2) is 18.9 Å². The summed E-state index contributed by atoms with van der Waals surface area (Å²) in [5, 5.41) is 0. The fourth-order valence-electron chi connectivity index (χ4n) is 1.82. The van der Waals surface area contributed by atoms with Crippen LogP contribution >= 0.6 is 0 Å². The Morgan fingerprint density at radius 2 is 1.38 bits per heavy atom. The van der Waals surface area contributed by atoms with E-state index in [0.29, 0.717) is 17.7 Å². The molecular weight excluding hydrogens is 264 g/mol. The summed E-state index contributed by atoms with van der Waals surface area (Å²) in [6.45, 7) is 2.15. The molecule has 2 aromatic carbocycles. The molecule has 3 nitrogen and oxygen atoms in total. The SMILES string of the molecule is CCOC(=O)c1ccc(C=Cc2ccc(C=O)cc2)cc1. The molecule has 0 bridgehead atoms. The zero-order valence-electron chi connectivity index (χ0n) is 11.8. The van der Waals surface area contributed by atoms with Crippen LogP contribution in [0.15, 0.2) is 48.5 Å². The van der Waals surface area contributed by atoms with E-state index in [2.05, 4.69) is 0 Å². The molecular formula is C18H16O3. The Labute approximate surface area is 123 Å². The first-order valence-corrected chi connectivity index (χ1v) is 6.73. The molecule has 0 atom stereocenters. The van der Waals surface area contributed by atoms with Crippen molar-refractivity contribution in [3.8, 4) is 0 Å². The van der Waals surface area contributed by atoms with Crippen LogP contribution in [0.1, 0.15) is 38.8 Å². The highest BCUT2D eigenvalue weighted by atomic mass is 16.5. The van der Waals surface area contributed by atoms with Gasteiger partial charge in [0.15, 0.2) is 0 Å². The van der Waals surface area contributed by atoms with Crippen molar-refractivity contribution in [1.29, 1.82) is 0 Å². The van der Waals surface area contributed by atoms with E-state index in [9.17, 15) is 9.59 Å². The number of hydrogen-bond donors (Lipinski definition) is 0. The third kappa shape index (κ3) is 4.14. The average Bonchev–Trinajstić information content (AvgIpc) is 2.54. The van der Waals surface area contributed by atoms with Gasteiger partial charge in [-0.05, 0) is 30.2 Å². The standard InChI is InChI=1S/C18H16O3/c1-2-21-18(20)17-11-9-15(10-12-17)4-3-14-5-7-16(13-19)8-6-14/h3-13H,2H2,1H3. The summed E-state index contributed by atoms with van der Waals surface area (Å²) >= 11 is 0. The van der Waals surface area contributed by atoms with E-state index in [1.54, 1.807) is 31.2 Å². The average molecular weight is 280 g/mol. The van der Waals surface area contributed by atoms with Crippen molar-refractivity contribution in [2.24, 2.45) is 0 Å². The third-order valence-corrected chi connectivity index (χ3v) is 2.96. The van der Waals surface area contributed by atoms with Gasteiger partial charge in [-0.25, -0.2) is 4.79 Å². The van der Waals surface area contributed by atoms with E-state index < -0.39 is 0 Å². The Hall–Kier alpha value is -2.68. The summed E-state index contributed by atoms with van der Waals surface area (Å²) in [6.07, 6.45) is 4.72. The molecule has 0 aliphatic carbocycles. The summed E-state index contributed by atoms with van der Waals surface area (Å²) < 4.78 is 4.93. The lowest BCUT2D eigenvalue weighted by atomic mass is 10.1. The van der Waals surface area contributed by atoms with Crippen molar-refractivity contribution in [3.05, 3.63) is 70.8 Å².